The Morgan fingerprint density at radius 3 is 2.89 bits per heavy atom. The van der Waals surface area contributed by atoms with E-state index in [1.54, 1.807) is 19.9 Å². The predicted octanol–water partition coefficient (Wildman–Crippen LogP) is 2.42. The van der Waals surface area contributed by atoms with E-state index >= 15 is 0 Å². The van der Waals surface area contributed by atoms with Crippen LogP contribution < -0.4 is 0 Å². The molecule has 102 valence electrons. The molecule has 0 radical (unpaired) electrons. The van der Waals surface area contributed by atoms with Gasteiger partial charge in [0.25, 0.3) is 0 Å². The lowest BCUT2D eigenvalue weighted by atomic mass is 10.1. The molecule has 1 saturated heterocycles. The number of phenols is 1. The Hall–Kier alpha value is -1.72. The molecule has 1 heterocycles. The molecule has 0 aromatic heterocycles. The van der Waals surface area contributed by atoms with Crippen LogP contribution in [0.25, 0.3) is 0 Å². The van der Waals surface area contributed by atoms with E-state index in [4.69, 9.17) is 9.47 Å². The zero-order valence-electron chi connectivity index (χ0n) is 10.7. The minimum atomic E-state index is -0.668. The van der Waals surface area contributed by atoms with Gasteiger partial charge in [-0.2, -0.15) is 0 Å². The molecule has 1 aromatic carbocycles. The Kier molecular flexibility index (Phi) is 3.68. The van der Waals surface area contributed by atoms with Gasteiger partial charge in [-0.1, -0.05) is 0 Å². The van der Waals surface area contributed by atoms with Crippen LogP contribution in [0.4, 0.5) is 4.39 Å². The highest BCUT2D eigenvalue weighted by molar-refractivity contribution is 6.06. The van der Waals surface area contributed by atoms with Crippen molar-refractivity contribution in [2.45, 2.75) is 25.7 Å². The van der Waals surface area contributed by atoms with E-state index in [1.165, 1.54) is 6.08 Å². The van der Waals surface area contributed by atoms with Crippen LogP contribution in [0.15, 0.2) is 30.4 Å². The first-order chi connectivity index (χ1) is 8.87. The van der Waals surface area contributed by atoms with E-state index in [-0.39, 0.29) is 17.4 Å². The molecule has 19 heavy (non-hydrogen) atoms. The van der Waals surface area contributed by atoms with Gasteiger partial charge in [0.2, 0.25) is 0 Å². The summed E-state index contributed by atoms with van der Waals surface area (Å²) in [5.41, 5.74) is -0.0746. The lowest BCUT2D eigenvalue weighted by Crippen LogP contribution is -2.20. The van der Waals surface area contributed by atoms with Gasteiger partial charge in [-0.15, -0.1) is 0 Å². The third kappa shape index (κ3) is 3.39. The first kappa shape index (κ1) is 13.7. The monoisotopic (exact) mass is 266 g/mol. The Balaban J connectivity index is 2.07. The van der Waals surface area contributed by atoms with E-state index in [0.717, 1.165) is 18.2 Å². The molecule has 1 N–H and O–H groups in total. The van der Waals surface area contributed by atoms with Crippen molar-refractivity contribution in [1.82, 2.24) is 0 Å². The van der Waals surface area contributed by atoms with E-state index in [9.17, 15) is 14.3 Å². The van der Waals surface area contributed by atoms with Crippen LogP contribution in [0, 0.1) is 5.82 Å². The van der Waals surface area contributed by atoms with Crippen LogP contribution in [0.1, 0.15) is 24.2 Å². The molecule has 0 saturated carbocycles. The number of benzene rings is 1. The number of ketones is 1. The fourth-order valence-corrected chi connectivity index (χ4v) is 1.80. The van der Waals surface area contributed by atoms with Crippen molar-refractivity contribution >= 4 is 5.78 Å². The number of rotatable bonds is 3. The lowest BCUT2D eigenvalue weighted by molar-refractivity contribution is -0.133. The maximum atomic E-state index is 13.0. The third-order valence-electron chi connectivity index (χ3n) is 2.72. The van der Waals surface area contributed by atoms with Gasteiger partial charge in [-0.05, 0) is 44.2 Å². The number of aromatic hydroxyl groups is 1. The summed E-state index contributed by atoms with van der Waals surface area (Å²) in [7, 11) is 0. The number of carbonyl (C=O) groups excluding carboxylic acids is 1. The SMILES string of the molecule is CC1(C)OC[C@H](/C=C/C(=O)c2cc(F)ccc2O)O1. The standard InChI is InChI=1S/C14H15FO4/c1-14(2)18-8-10(19-14)4-6-13(17)11-7-9(15)3-5-12(11)16/h3-7,10,16H,8H2,1-2H3/b6-4+/t10-/m0/s1. The van der Waals surface area contributed by atoms with Crippen molar-refractivity contribution in [3.8, 4) is 5.75 Å². The molecular weight excluding hydrogens is 251 g/mol. The van der Waals surface area contributed by atoms with E-state index in [2.05, 4.69) is 0 Å². The highest BCUT2D eigenvalue weighted by atomic mass is 19.1. The largest absolute Gasteiger partial charge is 0.507 e. The lowest BCUT2D eigenvalue weighted by Gasteiger charge is -2.15. The van der Waals surface area contributed by atoms with Gasteiger partial charge in [0, 0.05) is 0 Å². The number of allylic oxidation sites excluding steroid dienone is 1. The van der Waals surface area contributed by atoms with Crippen LogP contribution in [0.2, 0.25) is 0 Å². The summed E-state index contributed by atoms with van der Waals surface area (Å²) in [5.74, 6) is -1.97. The van der Waals surface area contributed by atoms with Crippen molar-refractivity contribution < 1.29 is 23.8 Å². The molecule has 2 rings (SSSR count). The van der Waals surface area contributed by atoms with Gasteiger partial charge in [0.1, 0.15) is 17.7 Å². The molecule has 0 unspecified atom stereocenters. The average Bonchev–Trinajstić information content (AvgIpc) is 2.69. The van der Waals surface area contributed by atoms with Crippen LogP contribution in [0.3, 0.4) is 0 Å². The molecule has 4 nitrogen and oxygen atoms in total. The van der Waals surface area contributed by atoms with Crippen LogP contribution >= 0.6 is 0 Å². The quantitative estimate of drug-likeness (QED) is 0.674. The maximum Gasteiger partial charge on any atom is 0.189 e. The maximum absolute atomic E-state index is 13.0. The Morgan fingerprint density at radius 2 is 2.26 bits per heavy atom. The van der Waals surface area contributed by atoms with Crippen molar-refractivity contribution in [1.29, 1.82) is 0 Å². The number of phenolic OH excluding ortho intramolecular Hbond substituents is 1. The summed E-state index contributed by atoms with van der Waals surface area (Å²) < 4.78 is 23.8. The summed E-state index contributed by atoms with van der Waals surface area (Å²) in [6, 6.07) is 3.24. The van der Waals surface area contributed by atoms with E-state index in [0.29, 0.717) is 6.61 Å². The van der Waals surface area contributed by atoms with Crippen molar-refractivity contribution in [2.24, 2.45) is 0 Å². The minimum absolute atomic E-state index is 0.0746. The molecule has 0 aliphatic carbocycles. The van der Waals surface area contributed by atoms with Gasteiger partial charge >= 0.3 is 0 Å². The number of carbonyl (C=O) groups is 1. The second kappa shape index (κ2) is 5.11. The van der Waals surface area contributed by atoms with Gasteiger partial charge in [0.15, 0.2) is 11.6 Å². The zero-order chi connectivity index (χ0) is 14.0. The Morgan fingerprint density at radius 1 is 1.53 bits per heavy atom. The second-order valence-corrected chi connectivity index (χ2v) is 4.75. The number of halogens is 1. The molecule has 1 aliphatic rings. The van der Waals surface area contributed by atoms with Crippen LogP contribution in [-0.4, -0.2) is 29.4 Å². The Bertz CT molecular complexity index is 522. The molecule has 1 aromatic rings. The highest BCUT2D eigenvalue weighted by Gasteiger charge is 2.31. The number of hydrogen-bond acceptors (Lipinski definition) is 4. The van der Waals surface area contributed by atoms with Crippen molar-refractivity contribution in [3.05, 3.63) is 41.7 Å². The molecule has 1 aliphatic heterocycles. The summed E-state index contributed by atoms with van der Waals surface area (Å²) in [5, 5.41) is 9.50. The molecule has 1 fully saturated rings. The number of ether oxygens (including phenoxy) is 2. The zero-order valence-corrected chi connectivity index (χ0v) is 10.7. The highest BCUT2D eigenvalue weighted by Crippen LogP contribution is 2.23. The first-order valence-corrected chi connectivity index (χ1v) is 5.90. The number of hydrogen-bond donors (Lipinski definition) is 1. The van der Waals surface area contributed by atoms with E-state index in [1.807, 2.05) is 0 Å². The van der Waals surface area contributed by atoms with Crippen LogP contribution in [0.5, 0.6) is 5.75 Å². The molecule has 0 amide bonds. The fourth-order valence-electron chi connectivity index (χ4n) is 1.80. The summed E-state index contributed by atoms with van der Waals surface area (Å²) >= 11 is 0. The van der Waals surface area contributed by atoms with Gasteiger partial charge in [-0.25, -0.2) is 4.39 Å². The second-order valence-electron chi connectivity index (χ2n) is 4.75. The smallest absolute Gasteiger partial charge is 0.189 e. The minimum Gasteiger partial charge on any atom is -0.507 e. The molecule has 1 atom stereocenters. The molecule has 5 heteroatoms. The topological polar surface area (TPSA) is 55.8 Å². The summed E-state index contributed by atoms with van der Waals surface area (Å²) in [6.45, 7) is 3.91. The van der Waals surface area contributed by atoms with Crippen LogP contribution in [-0.2, 0) is 9.47 Å². The Labute approximate surface area is 110 Å². The molecule has 0 spiro atoms. The normalized spacial score (nSPS) is 21.9. The average molecular weight is 266 g/mol. The van der Waals surface area contributed by atoms with Gasteiger partial charge in [0.05, 0.1) is 12.2 Å². The predicted molar refractivity (Wildman–Crippen MR) is 66.4 cm³/mol. The third-order valence-corrected chi connectivity index (χ3v) is 2.72. The summed E-state index contributed by atoms with van der Waals surface area (Å²) in [6.07, 6.45) is 2.47. The van der Waals surface area contributed by atoms with Crippen molar-refractivity contribution in [2.75, 3.05) is 6.61 Å². The molecule has 0 bridgehead atoms. The van der Waals surface area contributed by atoms with Gasteiger partial charge < -0.3 is 14.6 Å². The molecular formula is C14H15FO4. The van der Waals surface area contributed by atoms with E-state index < -0.39 is 17.4 Å². The van der Waals surface area contributed by atoms with Gasteiger partial charge in [-0.3, -0.25) is 4.79 Å². The first-order valence-electron chi connectivity index (χ1n) is 5.90. The summed E-state index contributed by atoms with van der Waals surface area (Å²) in [4.78, 5) is 11.8. The fraction of sp³-hybridized carbons (Fsp3) is 0.357. The van der Waals surface area contributed by atoms with Crippen molar-refractivity contribution in [3.63, 3.8) is 0 Å².